The number of hydrogen-bond acceptors (Lipinski definition) is 3. The summed E-state index contributed by atoms with van der Waals surface area (Å²) in [4.78, 5) is 0. The highest BCUT2D eigenvalue weighted by Crippen LogP contribution is 2.32. The van der Waals surface area contributed by atoms with Gasteiger partial charge in [-0.15, -0.1) is 0 Å². The molecule has 1 N–H and O–H groups in total. The molecule has 1 aromatic heterocycles. The molecule has 102 valence electrons. The van der Waals surface area contributed by atoms with Crippen LogP contribution >= 0.6 is 0 Å². The van der Waals surface area contributed by atoms with Crippen molar-refractivity contribution in [3.05, 3.63) is 35.8 Å². The lowest BCUT2D eigenvalue weighted by atomic mass is 9.96. The SMILES string of the molecule is CCNC(c1cc2cc(F)ccc2o1)C1CCOC1. The molecule has 3 nitrogen and oxygen atoms in total. The molecule has 2 atom stereocenters. The van der Waals surface area contributed by atoms with Crippen LogP contribution in [0.3, 0.4) is 0 Å². The number of fused-ring (bicyclic) bond motifs is 1. The highest BCUT2D eigenvalue weighted by atomic mass is 19.1. The quantitative estimate of drug-likeness (QED) is 0.919. The lowest BCUT2D eigenvalue weighted by Crippen LogP contribution is -2.28. The van der Waals surface area contributed by atoms with Gasteiger partial charge in [0, 0.05) is 17.9 Å². The van der Waals surface area contributed by atoms with Gasteiger partial charge in [0.05, 0.1) is 12.6 Å². The molecule has 1 saturated heterocycles. The molecule has 0 amide bonds. The summed E-state index contributed by atoms with van der Waals surface area (Å²) in [5.74, 6) is 1.06. The Labute approximate surface area is 111 Å². The van der Waals surface area contributed by atoms with Crippen molar-refractivity contribution in [2.24, 2.45) is 5.92 Å². The zero-order valence-corrected chi connectivity index (χ0v) is 11.0. The maximum absolute atomic E-state index is 13.2. The van der Waals surface area contributed by atoms with E-state index in [4.69, 9.17) is 9.15 Å². The first-order valence-electron chi connectivity index (χ1n) is 6.78. The summed E-state index contributed by atoms with van der Waals surface area (Å²) in [6, 6.07) is 6.70. The van der Waals surface area contributed by atoms with Crippen LogP contribution in [0, 0.1) is 11.7 Å². The van der Waals surface area contributed by atoms with E-state index in [9.17, 15) is 4.39 Å². The minimum Gasteiger partial charge on any atom is -0.459 e. The zero-order chi connectivity index (χ0) is 13.2. The highest BCUT2D eigenvalue weighted by Gasteiger charge is 2.28. The van der Waals surface area contributed by atoms with E-state index >= 15 is 0 Å². The van der Waals surface area contributed by atoms with E-state index in [1.165, 1.54) is 12.1 Å². The van der Waals surface area contributed by atoms with Crippen LogP contribution in [-0.4, -0.2) is 19.8 Å². The van der Waals surface area contributed by atoms with Crippen molar-refractivity contribution in [2.75, 3.05) is 19.8 Å². The first-order valence-corrected chi connectivity index (χ1v) is 6.78. The van der Waals surface area contributed by atoms with Crippen LogP contribution in [0.4, 0.5) is 4.39 Å². The van der Waals surface area contributed by atoms with Crippen LogP contribution in [0.1, 0.15) is 25.1 Å². The third kappa shape index (κ3) is 2.51. The molecule has 3 rings (SSSR count). The van der Waals surface area contributed by atoms with Crippen molar-refractivity contribution in [1.82, 2.24) is 5.32 Å². The monoisotopic (exact) mass is 263 g/mol. The second kappa shape index (κ2) is 5.31. The van der Waals surface area contributed by atoms with Gasteiger partial charge in [-0.1, -0.05) is 6.92 Å². The van der Waals surface area contributed by atoms with E-state index in [2.05, 4.69) is 12.2 Å². The third-order valence-corrected chi connectivity index (χ3v) is 3.66. The van der Waals surface area contributed by atoms with Crippen molar-refractivity contribution >= 4 is 11.0 Å². The molecule has 0 saturated carbocycles. The maximum Gasteiger partial charge on any atom is 0.134 e. The predicted octanol–water partition coefficient (Wildman–Crippen LogP) is 3.26. The Morgan fingerprint density at radius 2 is 2.32 bits per heavy atom. The Morgan fingerprint density at radius 1 is 1.42 bits per heavy atom. The van der Waals surface area contributed by atoms with Crippen molar-refractivity contribution in [3.8, 4) is 0 Å². The summed E-state index contributed by atoms with van der Waals surface area (Å²) in [6.45, 7) is 4.50. The lowest BCUT2D eigenvalue weighted by Gasteiger charge is -2.20. The van der Waals surface area contributed by atoms with Crippen LogP contribution in [0.25, 0.3) is 11.0 Å². The van der Waals surface area contributed by atoms with Crippen molar-refractivity contribution in [2.45, 2.75) is 19.4 Å². The lowest BCUT2D eigenvalue weighted by molar-refractivity contribution is 0.173. The first-order chi connectivity index (χ1) is 9.28. The fourth-order valence-corrected chi connectivity index (χ4v) is 2.72. The summed E-state index contributed by atoms with van der Waals surface area (Å²) < 4.78 is 24.5. The van der Waals surface area contributed by atoms with Gasteiger partial charge >= 0.3 is 0 Å². The standard InChI is InChI=1S/C15H18FNO2/c1-2-17-15(10-5-6-18-9-10)14-8-11-7-12(16)3-4-13(11)19-14/h3-4,7-8,10,15,17H,2,5-6,9H2,1H3. The molecule has 1 aromatic carbocycles. The fraction of sp³-hybridized carbons (Fsp3) is 0.467. The Morgan fingerprint density at radius 3 is 3.05 bits per heavy atom. The molecule has 0 bridgehead atoms. The smallest absolute Gasteiger partial charge is 0.134 e. The fourth-order valence-electron chi connectivity index (χ4n) is 2.72. The van der Waals surface area contributed by atoms with E-state index in [-0.39, 0.29) is 11.9 Å². The number of nitrogens with one attached hydrogen (secondary N) is 1. The van der Waals surface area contributed by atoms with Crippen LogP contribution in [0.15, 0.2) is 28.7 Å². The number of furan rings is 1. The number of halogens is 1. The minimum absolute atomic E-state index is 0.142. The normalized spacial score (nSPS) is 21.1. The third-order valence-electron chi connectivity index (χ3n) is 3.66. The second-order valence-electron chi connectivity index (χ2n) is 4.99. The molecule has 4 heteroatoms. The Balaban J connectivity index is 1.94. The molecular formula is C15H18FNO2. The molecule has 2 heterocycles. The topological polar surface area (TPSA) is 34.4 Å². The number of hydrogen-bond donors (Lipinski definition) is 1. The number of benzene rings is 1. The molecule has 0 radical (unpaired) electrons. The van der Waals surface area contributed by atoms with Crippen molar-refractivity contribution in [3.63, 3.8) is 0 Å². The Hall–Kier alpha value is -1.39. The van der Waals surface area contributed by atoms with Gasteiger partial charge in [-0.2, -0.15) is 0 Å². The van der Waals surface area contributed by atoms with Gasteiger partial charge in [0.15, 0.2) is 0 Å². The Kier molecular flexibility index (Phi) is 3.53. The average Bonchev–Trinajstić information content (AvgIpc) is 3.04. The van der Waals surface area contributed by atoms with Crippen LogP contribution in [-0.2, 0) is 4.74 Å². The summed E-state index contributed by atoms with van der Waals surface area (Å²) in [5, 5.41) is 4.27. The summed E-state index contributed by atoms with van der Waals surface area (Å²) in [6.07, 6.45) is 1.03. The Bertz CT molecular complexity index is 560. The summed E-state index contributed by atoms with van der Waals surface area (Å²) in [5.41, 5.74) is 0.734. The van der Waals surface area contributed by atoms with Gasteiger partial charge in [0.25, 0.3) is 0 Å². The summed E-state index contributed by atoms with van der Waals surface area (Å²) in [7, 11) is 0. The second-order valence-corrected chi connectivity index (χ2v) is 4.99. The van der Waals surface area contributed by atoms with E-state index in [0.29, 0.717) is 5.92 Å². The van der Waals surface area contributed by atoms with Gasteiger partial charge in [0.1, 0.15) is 17.2 Å². The van der Waals surface area contributed by atoms with E-state index in [1.807, 2.05) is 6.07 Å². The van der Waals surface area contributed by atoms with E-state index in [0.717, 1.165) is 42.9 Å². The van der Waals surface area contributed by atoms with Gasteiger partial charge < -0.3 is 14.5 Å². The zero-order valence-electron chi connectivity index (χ0n) is 11.0. The molecule has 2 aromatic rings. The molecule has 1 aliphatic heterocycles. The van der Waals surface area contributed by atoms with Crippen LogP contribution < -0.4 is 5.32 Å². The average molecular weight is 263 g/mol. The largest absolute Gasteiger partial charge is 0.459 e. The van der Waals surface area contributed by atoms with Gasteiger partial charge in [-0.05, 0) is 37.2 Å². The number of ether oxygens (including phenoxy) is 1. The maximum atomic E-state index is 13.2. The molecule has 2 unspecified atom stereocenters. The molecular weight excluding hydrogens is 245 g/mol. The molecule has 1 aliphatic rings. The highest BCUT2D eigenvalue weighted by molar-refractivity contribution is 5.78. The summed E-state index contributed by atoms with van der Waals surface area (Å²) >= 11 is 0. The van der Waals surface area contributed by atoms with E-state index in [1.54, 1.807) is 6.07 Å². The first kappa shape index (κ1) is 12.6. The van der Waals surface area contributed by atoms with Crippen LogP contribution in [0.5, 0.6) is 0 Å². The molecule has 0 spiro atoms. The molecule has 0 aliphatic carbocycles. The van der Waals surface area contributed by atoms with Gasteiger partial charge in [-0.25, -0.2) is 4.39 Å². The minimum atomic E-state index is -0.232. The molecule has 1 fully saturated rings. The molecule has 19 heavy (non-hydrogen) atoms. The number of rotatable bonds is 4. The van der Waals surface area contributed by atoms with Crippen LogP contribution in [0.2, 0.25) is 0 Å². The van der Waals surface area contributed by atoms with Crippen molar-refractivity contribution < 1.29 is 13.5 Å². The van der Waals surface area contributed by atoms with Crippen molar-refractivity contribution in [1.29, 1.82) is 0 Å². The van der Waals surface area contributed by atoms with E-state index < -0.39 is 0 Å². The van der Waals surface area contributed by atoms with Gasteiger partial charge in [-0.3, -0.25) is 0 Å². The predicted molar refractivity (Wildman–Crippen MR) is 71.5 cm³/mol. The van der Waals surface area contributed by atoms with Gasteiger partial charge in [0.2, 0.25) is 0 Å².